The second-order valence-electron chi connectivity index (χ2n) is 9.81. The number of ether oxygens (including phenoxy) is 1. The Labute approximate surface area is 250 Å². The smallest absolute Gasteiger partial charge is 0.453 e. The summed E-state index contributed by atoms with van der Waals surface area (Å²) in [6.07, 6.45) is 4.53. The van der Waals surface area contributed by atoms with E-state index in [2.05, 4.69) is 25.5 Å². The van der Waals surface area contributed by atoms with E-state index in [9.17, 15) is 14.4 Å². The van der Waals surface area contributed by atoms with Crippen molar-refractivity contribution < 1.29 is 18.4 Å². The van der Waals surface area contributed by atoms with Crippen molar-refractivity contribution in [3.8, 4) is 28.1 Å². The first kappa shape index (κ1) is 26.8. The number of carbonyl (C=O) groups excluding carboxylic acids is 1. The highest BCUT2D eigenvalue weighted by atomic mass is 35.5. The number of aromatic amines is 1. The van der Waals surface area contributed by atoms with E-state index < -0.39 is 11.8 Å². The lowest BCUT2D eigenvalue weighted by atomic mass is 10.0. The monoisotopic (exact) mass is 617 g/mol. The number of nitrogens with zero attached hydrogens (tertiary/aromatic N) is 6. The van der Waals surface area contributed by atoms with Gasteiger partial charge in [-0.2, -0.15) is 4.68 Å². The molecule has 1 aliphatic rings. The molecule has 0 unspecified atom stereocenters. The highest BCUT2D eigenvalue weighted by Crippen LogP contribution is 2.35. The number of benzene rings is 1. The van der Waals surface area contributed by atoms with Crippen LogP contribution in [-0.2, 0) is 17.8 Å². The molecule has 1 atom stereocenters. The van der Waals surface area contributed by atoms with E-state index in [1.807, 2.05) is 11.4 Å². The number of carbonyl (C=O) groups is 1. The van der Waals surface area contributed by atoms with Crippen LogP contribution in [0.3, 0.4) is 0 Å². The summed E-state index contributed by atoms with van der Waals surface area (Å²) in [5.74, 6) is -0.346. The normalized spacial score (nSPS) is 14.2. The van der Waals surface area contributed by atoms with E-state index in [-0.39, 0.29) is 29.7 Å². The molecule has 43 heavy (non-hydrogen) atoms. The molecule has 0 spiro atoms. The Morgan fingerprint density at radius 1 is 1.19 bits per heavy atom. The molecule has 6 heterocycles. The van der Waals surface area contributed by atoms with Crippen LogP contribution in [0.4, 0.5) is 0 Å². The summed E-state index contributed by atoms with van der Waals surface area (Å²) in [5, 5.41) is 13.8. The Morgan fingerprint density at radius 2 is 2.07 bits per heavy atom. The molecule has 0 bridgehead atoms. The summed E-state index contributed by atoms with van der Waals surface area (Å²) in [4.78, 5) is 45.5. The molecule has 13 nitrogen and oxygen atoms in total. The standard InChI is InChI=1S/C28H20ClN7O6S/c1-14-23(42-28(39)41-14)11-40-27(38)24-7-16(12-43-24)20-10-30-26(32-20)22-5-3-18-6-15(8-25(37)36(18)22)19-9-17(29)2-4-21(19)35-13-31-33-34-35/h2,4,6-10,12-13,22H,3,5,11H2,1H3,(H,30,32)/t22-/m0/s1. The zero-order chi connectivity index (χ0) is 29.7. The minimum atomic E-state index is -0.847. The summed E-state index contributed by atoms with van der Waals surface area (Å²) in [6.45, 7) is 1.34. The molecule has 0 saturated heterocycles. The number of H-pyrrole nitrogens is 1. The molecule has 1 aliphatic heterocycles. The molecule has 0 fully saturated rings. The number of hydrogen-bond donors (Lipinski definition) is 1. The molecule has 1 aromatic carbocycles. The lowest BCUT2D eigenvalue weighted by molar-refractivity contribution is 0.0448. The molecule has 0 radical (unpaired) electrons. The van der Waals surface area contributed by atoms with Gasteiger partial charge in [-0.15, -0.1) is 16.4 Å². The third-order valence-corrected chi connectivity index (χ3v) is 8.34. The van der Waals surface area contributed by atoms with Crippen LogP contribution in [0.15, 0.2) is 72.7 Å². The van der Waals surface area contributed by atoms with Crippen molar-refractivity contribution in [2.24, 2.45) is 0 Å². The summed E-state index contributed by atoms with van der Waals surface area (Å²) in [7, 11) is 0. The van der Waals surface area contributed by atoms with Gasteiger partial charge < -0.3 is 23.1 Å². The third kappa shape index (κ3) is 5.00. The van der Waals surface area contributed by atoms with Crippen LogP contribution in [-0.4, -0.2) is 40.7 Å². The first-order valence-electron chi connectivity index (χ1n) is 13.0. The summed E-state index contributed by atoms with van der Waals surface area (Å²) in [5.41, 5.74) is 4.31. The van der Waals surface area contributed by atoms with Gasteiger partial charge in [-0.25, -0.2) is 14.6 Å². The van der Waals surface area contributed by atoms with E-state index in [1.165, 1.54) is 22.3 Å². The molecule has 1 N–H and O–H groups in total. The second-order valence-corrected chi connectivity index (χ2v) is 11.2. The molecule has 0 saturated carbocycles. The van der Waals surface area contributed by atoms with Crippen molar-refractivity contribution >= 4 is 28.9 Å². The number of aryl methyl sites for hydroxylation is 2. The van der Waals surface area contributed by atoms with Crippen molar-refractivity contribution in [3.05, 3.63) is 108 Å². The molecular formula is C28H20ClN7O6S. The fourth-order valence-electron chi connectivity index (χ4n) is 5.17. The molecule has 15 heteroatoms. The number of imidazole rings is 1. The zero-order valence-corrected chi connectivity index (χ0v) is 23.9. The van der Waals surface area contributed by atoms with Crippen molar-refractivity contribution in [2.75, 3.05) is 0 Å². The highest BCUT2D eigenvalue weighted by Gasteiger charge is 2.28. The van der Waals surface area contributed by atoms with Gasteiger partial charge in [0.2, 0.25) is 0 Å². The zero-order valence-electron chi connectivity index (χ0n) is 22.3. The van der Waals surface area contributed by atoms with Gasteiger partial charge in [0.15, 0.2) is 18.1 Å². The topological polar surface area (TPSA) is 164 Å². The maximum absolute atomic E-state index is 13.5. The van der Waals surface area contributed by atoms with E-state index >= 15 is 0 Å². The number of halogens is 1. The molecular weight excluding hydrogens is 598 g/mol. The van der Waals surface area contributed by atoms with Gasteiger partial charge in [0.05, 0.1) is 23.6 Å². The number of hydrogen-bond acceptors (Lipinski definition) is 11. The number of aromatic nitrogens is 7. The predicted octanol–water partition coefficient (Wildman–Crippen LogP) is 4.34. The predicted molar refractivity (Wildman–Crippen MR) is 153 cm³/mol. The maximum atomic E-state index is 13.5. The van der Waals surface area contributed by atoms with Gasteiger partial charge in [0, 0.05) is 33.3 Å². The van der Waals surface area contributed by atoms with Gasteiger partial charge in [0.25, 0.3) is 5.56 Å². The fraction of sp³-hybridized carbons (Fsp3) is 0.179. The Bertz CT molecular complexity index is 2110. The molecule has 7 rings (SSSR count). The number of rotatable bonds is 7. The number of tetrazole rings is 1. The third-order valence-electron chi connectivity index (χ3n) is 7.19. The molecule has 216 valence electrons. The van der Waals surface area contributed by atoms with Crippen LogP contribution in [0.5, 0.6) is 0 Å². The second kappa shape index (κ2) is 10.6. The van der Waals surface area contributed by atoms with Crippen LogP contribution < -0.4 is 11.4 Å². The average Bonchev–Trinajstić information content (AvgIpc) is 3.81. The van der Waals surface area contributed by atoms with Crippen molar-refractivity contribution in [3.63, 3.8) is 0 Å². The molecule has 6 aromatic rings. The van der Waals surface area contributed by atoms with Crippen LogP contribution in [0.1, 0.15) is 45.2 Å². The van der Waals surface area contributed by atoms with E-state index in [1.54, 1.807) is 48.0 Å². The summed E-state index contributed by atoms with van der Waals surface area (Å²) in [6, 6.07) is 10.3. The van der Waals surface area contributed by atoms with Gasteiger partial charge in [-0.05, 0) is 66.1 Å². The van der Waals surface area contributed by atoms with Crippen LogP contribution >= 0.6 is 22.9 Å². The number of pyridine rings is 1. The Morgan fingerprint density at radius 3 is 2.86 bits per heavy atom. The summed E-state index contributed by atoms with van der Waals surface area (Å²) < 4.78 is 18.2. The van der Waals surface area contributed by atoms with Gasteiger partial charge in [-0.3, -0.25) is 4.79 Å². The first-order chi connectivity index (χ1) is 20.8. The molecule has 0 amide bonds. The van der Waals surface area contributed by atoms with E-state index in [0.29, 0.717) is 45.5 Å². The minimum absolute atomic E-state index is 0.160. The van der Waals surface area contributed by atoms with Gasteiger partial charge in [-0.1, -0.05) is 11.6 Å². The van der Waals surface area contributed by atoms with Crippen LogP contribution in [0.25, 0.3) is 28.1 Å². The average molecular weight is 618 g/mol. The Balaban J connectivity index is 1.12. The largest absolute Gasteiger partial charge is 0.519 e. The number of fused-ring (bicyclic) bond motifs is 1. The summed E-state index contributed by atoms with van der Waals surface area (Å²) >= 11 is 7.52. The highest BCUT2D eigenvalue weighted by molar-refractivity contribution is 7.12. The quantitative estimate of drug-likeness (QED) is 0.255. The van der Waals surface area contributed by atoms with Crippen molar-refractivity contribution in [2.45, 2.75) is 32.4 Å². The maximum Gasteiger partial charge on any atom is 0.519 e. The lowest BCUT2D eigenvalue weighted by Crippen LogP contribution is -2.23. The molecule has 5 aromatic heterocycles. The minimum Gasteiger partial charge on any atom is -0.453 e. The van der Waals surface area contributed by atoms with Gasteiger partial charge >= 0.3 is 11.8 Å². The van der Waals surface area contributed by atoms with E-state index in [4.69, 9.17) is 25.2 Å². The van der Waals surface area contributed by atoms with Crippen LogP contribution in [0, 0.1) is 6.92 Å². The molecule has 0 aliphatic carbocycles. The van der Waals surface area contributed by atoms with E-state index in [0.717, 1.165) is 16.8 Å². The Hall–Kier alpha value is -5.08. The SMILES string of the molecule is Cc1oc(=O)oc1COC(=O)c1cc(-c2cnc([C@@H]3CCc4cc(-c5cc(Cl)ccc5-n5cnnn5)cc(=O)n43)[nH]2)cs1. The number of thiophene rings is 1. The van der Waals surface area contributed by atoms with Crippen LogP contribution in [0.2, 0.25) is 5.02 Å². The van der Waals surface area contributed by atoms with Crippen molar-refractivity contribution in [1.82, 2.24) is 34.7 Å². The lowest BCUT2D eigenvalue weighted by Gasteiger charge is -2.15. The number of nitrogens with one attached hydrogen (secondary N) is 1. The van der Waals surface area contributed by atoms with Gasteiger partial charge in [0.1, 0.15) is 17.0 Å². The fourth-order valence-corrected chi connectivity index (χ4v) is 6.14. The number of esters is 1. The Kier molecular flexibility index (Phi) is 6.63. The first-order valence-corrected chi connectivity index (χ1v) is 14.3. The van der Waals surface area contributed by atoms with Crippen molar-refractivity contribution in [1.29, 1.82) is 0 Å².